The summed E-state index contributed by atoms with van der Waals surface area (Å²) in [5, 5.41) is 2.79. The van der Waals surface area contributed by atoms with Gasteiger partial charge in [0.05, 0.1) is 5.92 Å². The van der Waals surface area contributed by atoms with E-state index in [2.05, 4.69) is 12.2 Å². The van der Waals surface area contributed by atoms with E-state index in [1.165, 1.54) is 0 Å². The van der Waals surface area contributed by atoms with Crippen molar-refractivity contribution in [3.05, 3.63) is 0 Å². The molecule has 3 nitrogen and oxygen atoms in total. The first-order valence-corrected chi connectivity index (χ1v) is 3.73. The van der Waals surface area contributed by atoms with E-state index in [1.54, 1.807) is 0 Å². The molecule has 1 fully saturated rings. The second-order valence-electron chi connectivity index (χ2n) is 2.90. The number of carbonyl (C=O) groups excluding carboxylic acids is 1. The van der Waals surface area contributed by atoms with Crippen molar-refractivity contribution in [2.45, 2.75) is 13.3 Å². The van der Waals surface area contributed by atoms with Gasteiger partial charge in [-0.25, -0.2) is 0 Å². The maximum Gasteiger partial charge on any atom is 0.224 e. The van der Waals surface area contributed by atoms with Gasteiger partial charge in [-0.1, -0.05) is 6.92 Å². The Morgan fingerprint density at radius 2 is 2.50 bits per heavy atom. The third-order valence-electron chi connectivity index (χ3n) is 2.18. The lowest BCUT2D eigenvalue weighted by atomic mass is 9.88. The van der Waals surface area contributed by atoms with Crippen LogP contribution in [0.3, 0.4) is 0 Å². The molecule has 2 atom stereocenters. The van der Waals surface area contributed by atoms with E-state index in [1.807, 2.05) is 0 Å². The van der Waals surface area contributed by atoms with E-state index in [0.29, 0.717) is 12.5 Å². The summed E-state index contributed by atoms with van der Waals surface area (Å²) >= 11 is 0. The van der Waals surface area contributed by atoms with Gasteiger partial charge in [-0.2, -0.15) is 0 Å². The van der Waals surface area contributed by atoms with Crippen molar-refractivity contribution >= 4 is 5.91 Å². The monoisotopic (exact) mass is 142 g/mol. The summed E-state index contributed by atoms with van der Waals surface area (Å²) in [6.45, 7) is 3.37. The Kier molecular flexibility index (Phi) is 2.27. The first-order chi connectivity index (χ1) is 4.75. The maximum atomic E-state index is 11.0. The highest BCUT2D eigenvalue weighted by atomic mass is 16.1. The molecule has 0 bridgehead atoms. The lowest BCUT2D eigenvalue weighted by Crippen LogP contribution is -2.44. The van der Waals surface area contributed by atoms with E-state index in [4.69, 9.17) is 5.73 Å². The molecule has 0 spiro atoms. The Morgan fingerprint density at radius 1 is 1.80 bits per heavy atom. The lowest BCUT2D eigenvalue weighted by Gasteiger charge is -2.26. The van der Waals surface area contributed by atoms with Crippen molar-refractivity contribution in [3.8, 4) is 0 Å². The molecule has 3 N–H and O–H groups in total. The Balaban J connectivity index is 2.53. The smallest absolute Gasteiger partial charge is 0.224 e. The molecule has 1 amide bonds. The van der Waals surface area contributed by atoms with Gasteiger partial charge in [-0.3, -0.25) is 4.79 Å². The maximum absolute atomic E-state index is 11.0. The van der Waals surface area contributed by atoms with Gasteiger partial charge in [-0.05, 0) is 12.3 Å². The topological polar surface area (TPSA) is 55.1 Å². The van der Waals surface area contributed by atoms with Crippen LogP contribution in [-0.4, -0.2) is 19.0 Å². The van der Waals surface area contributed by atoms with E-state index >= 15 is 0 Å². The number of nitrogens with one attached hydrogen (secondary N) is 1. The molecular formula is C7H14N2O. The highest BCUT2D eigenvalue weighted by molar-refractivity contribution is 5.79. The van der Waals surface area contributed by atoms with E-state index in [0.717, 1.165) is 13.0 Å². The second-order valence-corrected chi connectivity index (χ2v) is 2.90. The summed E-state index contributed by atoms with van der Waals surface area (Å²) in [5.74, 6) is 0.633. The molecule has 0 aromatic heterocycles. The predicted octanol–water partition coefficient (Wildman–Crippen LogP) is -0.283. The third kappa shape index (κ3) is 1.29. The molecule has 0 saturated carbocycles. The Bertz CT molecular complexity index is 136. The van der Waals surface area contributed by atoms with Crippen molar-refractivity contribution in [3.63, 3.8) is 0 Å². The van der Waals surface area contributed by atoms with Gasteiger partial charge in [-0.15, -0.1) is 0 Å². The number of rotatable bonds is 1. The summed E-state index contributed by atoms with van der Waals surface area (Å²) < 4.78 is 0. The molecule has 3 heteroatoms. The van der Waals surface area contributed by atoms with Crippen molar-refractivity contribution in [1.29, 1.82) is 0 Å². The summed E-state index contributed by atoms with van der Waals surface area (Å²) in [5.41, 5.74) is 5.42. The minimum atomic E-state index is 0.0498. The molecule has 1 rings (SSSR count). The largest absolute Gasteiger partial charge is 0.356 e. The molecule has 0 aromatic rings. The minimum Gasteiger partial charge on any atom is -0.356 e. The third-order valence-corrected chi connectivity index (χ3v) is 2.18. The molecular weight excluding hydrogens is 128 g/mol. The van der Waals surface area contributed by atoms with Gasteiger partial charge in [0.15, 0.2) is 0 Å². The molecule has 1 heterocycles. The molecule has 0 radical (unpaired) electrons. The van der Waals surface area contributed by atoms with Gasteiger partial charge in [0, 0.05) is 13.1 Å². The fourth-order valence-corrected chi connectivity index (χ4v) is 1.35. The molecule has 1 saturated heterocycles. The van der Waals surface area contributed by atoms with Crippen LogP contribution < -0.4 is 11.1 Å². The van der Waals surface area contributed by atoms with Crippen molar-refractivity contribution in [2.24, 2.45) is 17.6 Å². The fraction of sp³-hybridized carbons (Fsp3) is 0.857. The molecule has 2 unspecified atom stereocenters. The first-order valence-electron chi connectivity index (χ1n) is 3.73. The Hall–Kier alpha value is -0.570. The van der Waals surface area contributed by atoms with Crippen molar-refractivity contribution < 1.29 is 4.79 Å². The molecule has 58 valence electrons. The number of amides is 1. The summed E-state index contributed by atoms with van der Waals surface area (Å²) in [4.78, 5) is 11.0. The van der Waals surface area contributed by atoms with Crippen LogP contribution in [0.2, 0.25) is 0 Å². The number of hydrogen-bond acceptors (Lipinski definition) is 2. The molecule has 0 aliphatic carbocycles. The van der Waals surface area contributed by atoms with Crippen LogP contribution in [0.4, 0.5) is 0 Å². The second kappa shape index (κ2) is 3.01. The fourth-order valence-electron chi connectivity index (χ4n) is 1.35. The molecule has 10 heavy (non-hydrogen) atoms. The van der Waals surface area contributed by atoms with Crippen LogP contribution in [0, 0.1) is 11.8 Å². The predicted molar refractivity (Wildman–Crippen MR) is 39.3 cm³/mol. The van der Waals surface area contributed by atoms with E-state index < -0.39 is 0 Å². The quantitative estimate of drug-likeness (QED) is 0.529. The highest BCUT2D eigenvalue weighted by Gasteiger charge is 2.26. The molecule has 0 aromatic carbocycles. The average molecular weight is 142 g/mol. The van der Waals surface area contributed by atoms with Gasteiger partial charge < -0.3 is 11.1 Å². The first kappa shape index (κ1) is 7.54. The van der Waals surface area contributed by atoms with Crippen LogP contribution in [0.1, 0.15) is 13.3 Å². The van der Waals surface area contributed by atoms with Gasteiger partial charge in [0.25, 0.3) is 0 Å². The van der Waals surface area contributed by atoms with E-state index in [9.17, 15) is 4.79 Å². The van der Waals surface area contributed by atoms with Crippen molar-refractivity contribution in [1.82, 2.24) is 5.32 Å². The van der Waals surface area contributed by atoms with Crippen LogP contribution in [0.5, 0.6) is 0 Å². The van der Waals surface area contributed by atoms with Gasteiger partial charge >= 0.3 is 0 Å². The number of piperidine rings is 1. The van der Waals surface area contributed by atoms with Crippen LogP contribution in [0.25, 0.3) is 0 Å². The zero-order valence-electron chi connectivity index (χ0n) is 6.26. The van der Waals surface area contributed by atoms with Crippen LogP contribution in [-0.2, 0) is 4.79 Å². The highest BCUT2D eigenvalue weighted by Crippen LogP contribution is 2.17. The molecule has 1 aliphatic heterocycles. The van der Waals surface area contributed by atoms with Gasteiger partial charge in [0.1, 0.15) is 0 Å². The van der Waals surface area contributed by atoms with Crippen LogP contribution >= 0.6 is 0 Å². The Morgan fingerprint density at radius 3 is 2.90 bits per heavy atom. The number of carbonyl (C=O) groups is 1. The summed E-state index contributed by atoms with van der Waals surface area (Å²) in [6, 6.07) is 0. The van der Waals surface area contributed by atoms with Crippen molar-refractivity contribution in [2.75, 3.05) is 13.1 Å². The molecule has 1 aliphatic rings. The lowest BCUT2D eigenvalue weighted by molar-refractivity contribution is -0.128. The van der Waals surface area contributed by atoms with Gasteiger partial charge in [0.2, 0.25) is 5.91 Å². The number of hydrogen-bond donors (Lipinski definition) is 2. The minimum absolute atomic E-state index is 0.0498. The summed E-state index contributed by atoms with van der Waals surface area (Å²) in [7, 11) is 0. The SMILES string of the molecule is CC1CCNC(=O)C1CN. The zero-order valence-corrected chi connectivity index (χ0v) is 6.26. The van der Waals surface area contributed by atoms with E-state index in [-0.39, 0.29) is 11.8 Å². The average Bonchev–Trinajstić information content (AvgIpc) is 1.88. The van der Waals surface area contributed by atoms with Crippen LogP contribution in [0.15, 0.2) is 0 Å². The number of nitrogens with two attached hydrogens (primary N) is 1. The standard InChI is InChI=1S/C7H14N2O/c1-5-2-3-9-7(10)6(5)4-8/h5-6H,2-4,8H2,1H3,(H,9,10). The Labute approximate surface area is 61.0 Å². The normalized spacial score (nSPS) is 33.6. The summed E-state index contributed by atoms with van der Waals surface area (Å²) in [6.07, 6.45) is 1.06. The zero-order chi connectivity index (χ0) is 7.56.